The van der Waals surface area contributed by atoms with Crippen LogP contribution in [0.3, 0.4) is 0 Å². The molecule has 20 heavy (non-hydrogen) atoms. The molecular formula is C16H13ClFNO. The van der Waals surface area contributed by atoms with Gasteiger partial charge in [-0.1, -0.05) is 41.9 Å². The average molecular weight is 290 g/mol. The molecule has 0 aromatic heterocycles. The van der Waals surface area contributed by atoms with Crippen LogP contribution in [0.5, 0.6) is 0 Å². The summed E-state index contributed by atoms with van der Waals surface area (Å²) in [5, 5.41) is 3.31. The van der Waals surface area contributed by atoms with Crippen molar-refractivity contribution < 1.29 is 9.18 Å². The maximum absolute atomic E-state index is 12.7. The molecule has 0 saturated carbocycles. The Labute approximate surface area is 121 Å². The van der Waals surface area contributed by atoms with Crippen LogP contribution in [0.15, 0.2) is 54.6 Å². The monoisotopic (exact) mass is 289 g/mol. The second-order valence-electron chi connectivity index (χ2n) is 4.20. The van der Waals surface area contributed by atoms with E-state index >= 15 is 0 Å². The third-order valence-electron chi connectivity index (χ3n) is 2.70. The van der Waals surface area contributed by atoms with Crippen LogP contribution in [0.1, 0.15) is 11.1 Å². The van der Waals surface area contributed by atoms with Crippen LogP contribution in [-0.2, 0) is 11.3 Å². The van der Waals surface area contributed by atoms with Crippen LogP contribution in [0.4, 0.5) is 4.39 Å². The van der Waals surface area contributed by atoms with Crippen molar-refractivity contribution in [3.05, 3.63) is 76.6 Å². The lowest BCUT2D eigenvalue weighted by Gasteiger charge is -2.02. The highest BCUT2D eigenvalue weighted by Gasteiger charge is 1.99. The minimum atomic E-state index is -0.293. The number of hydrogen-bond donors (Lipinski definition) is 1. The zero-order chi connectivity index (χ0) is 14.4. The quantitative estimate of drug-likeness (QED) is 0.852. The third kappa shape index (κ3) is 4.21. The number of rotatable bonds is 4. The van der Waals surface area contributed by atoms with E-state index in [1.165, 1.54) is 18.2 Å². The van der Waals surface area contributed by atoms with E-state index in [9.17, 15) is 9.18 Å². The summed E-state index contributed by atoms with van der Waals surface area (Å²) in [5.74, 6) is -0.520. The van der Waals surface area contributed by atoms with Crippen molar-refractivity contribution in [1.29, 1.82) is 0 Å². The first-order chi connectivity index (χ1) is 9.65. The minimum Gasteiger partial charge on any atom is -0.348 e. The molecule has 1 N–H and O–H groups in total. The van der Waals surface area contributed by atoms with E-state index < -0.39 is 0 Å². The molecule has 2 aromatic carbocycles. The molecule has 0 saturated heterocycles. The van der Waals surface area contributed by atoms with Gasteiger partial charge >= 0.3 is 0 Å². The molecule has 0 spiro atoms. The van der Waals surface area contributed by atoms with E-state index in [1.54, 1.807) is 24.3 Å². The lowest BCUT2D eigenvalue weighted by atomic mass is 10.2. The van der Waals surface area contributed by atoms with Gasteiger partial charge < -0.3 is 5.32 Å². The fourth-order valence-electron chi connectivity index (χ4n) is 1.63. The SMILES string of the molecule is O=C(/C=C/c1ccccc1Cl)NCc1ccc(F)cc1. The van der Waals surface area contributed by atoms with Gasteiger partial charge in [-0.25, -0.2) is 4.39 Å². The molecule has 0 fully saturated rings. The first kappa shape index (κ1) is 14.3. The number of carbonyl (C=O) groups excluding carboxylic acids is 1. The number of halogens is 2. The Hall–Kier alpha value is -2.13. The molecule has 0 aliphatic rings. The molecule has 0 atom stereocenters. The molecule has 0 aliphatic heterocycles. The van der Waals surface area contributed by atoms with E-state index in [1.807, 2.05) is 18.2 Å². The Bertz CT molecular complexity index is 623. The van der Waals surface area contributed by atoms with Crippen LogP contribution < -0.4 is 5.32 Å². The summed E-state index contributed by atoms with van der Waals surface area (Å²) in [6, 6.07) is 13.3. The van der Waals surface area contributed by atoms with Crippen molar-refractivity contribution in [2.45, 2.75) is 6.54 Å². The lowest BCUT2D eigenvalue weighted by molar-refractivity contribution is -0.116. The van der Waals surface area contributed by atoms with Gasteiger partial charge in [0.2, 0.25) is 5.91 Å². The Balaban J connectivity index is 1.90. The summed E-state index contributed by atoms with van der Waals surface area (Å²) in [6.45, 7) is 0.353. The van der Waals surface area contributed by atoms with Crippen molar-refractivity contribution in [2.24, 2.45) is 0 Å². The molecule has 1 amide bonds. The molecular weight excluding hydrogens is 277 g/mol. The van der Waals surface area contributed by atoms with E-state index in [4.69, 9.17) is 11.6 Å². The van der Waals surface area contributed by atoms with Gasteiger partial charge in [-0.3, -0.25) is 4.79 Å². The summed E-state index contributed by atoms with van der Waals surface area (Å²) in [7, 11) is 0. The summed E-state index contributed by atoms with van der Waals surface area (Å²) in [6.07, 6.45) is 3.08. The molecule has 0 bridgehead atoms. The van der Waals surface area contributed by atoms with Gasteiger partial charge in [0.15, 0.2) is 0 Å². The van der Waals surface area contributed by atoms with Crippen LogP contribution in [0.25, 0.3) is 6.08 Å². The van der Waals surface area contributed by atoms with Crippen molar-refractivity contribution in [3.8, 4) is 0 Å². The Morgan fingerprint density at radius 2 is 1.85 bits per heavy atom. The normalized spacial score (nSPS) is 10.7. The Morgan fingerprint density at radius 3 is 2.55 bits per heavy atom. The molecule has 4 heteroatoms. The van der Waals surface area contributed by atoms with Gasteiger partial charge in [0, 0.05) is 17.6 Å². The highest BCUT2D eigenvalue weighted by molar-refractivity contribution is 6.32. The van der Waals surface area contributed by atoms with Crippen LogP contribution in [0.2, 0.25) is 5.02 Å². The van der Waals surface area contributed by atoms with Gasteiger partial charge in [-0.2, -0.15) is 0 Å². The molecule has 2 nitrogen and oxygen atoms in total. The molecule has 2 aromatic rings. The predicted molar refractivity (Wildman–Crippen MR) is 78.7 cm³/mol. The lowest BCUT2D eigenvalue weighted by Crippen LogP contribution is -2.20. The first-order valence-corrected chi connectivity index (χ1v) is 6.48. The number of nitrogens with one attached hydrogen (secondary N) is 1. The van der Waals surface area contributed by atoms with Gasteiger partial charge in [0.05, 0.1) is 0 Å². The second kappa shape index (κ2) is 6.87. The highest BCUT2D eigenvalue weighted by atomic mass is 35.5. The minimum absolute atomic E-state index is 0.228. The van der Waals surface area contributed by atoms with Crippen molar-refractivity contribution in [2.75, 3.05) is 0 Å². The predicted octanol–water partition coefficient (Wildman–Crippen LogP) is 3.81. The molecule has 0 unspecified atom stereocenters. The molecule has 102 valence electrons. The van der Waals surface area contributed by atoms with E-state index in [2.05, 4.69) is 5.32 Å². The Kier molecular flexibility index (Phi) is 4.91. The number of carbonyl (C=O) groups is 1. The van der Waals surface area contributed by atoms with Gasteiger partial charge in [-0.05, 0) is 35.4 Å². The van der Waals surface area contributed by atoms with Gasteiger partial charge in [0.25, 0.3) is 0 Å². The molecule has 0 heterocycles. The number of amides is 1. The third-order valence-corrected chi connectivity index (χ3v) is 3.04. The summed E-state index contributed by atoms with van der Waals surface area (Å²) >= 11 is 5.98. The Morgan fingerprint density at radius 1 is 1.15 bits per heavy atom. The molecule has 0 radical (unpaired) electrons. The van der Waals surface area contributed by atoms with Crippen LogP contribution in [0, 0.1) is 5.82 Å². The summed E-state index contributed by atoms with van der Waals surface area (Å²) in [5.41, 5.74) is 1.62. The van der Waals surface area contributed by atoms with E-state index in [-0.39, 0.29) is 11.7 Å². The van der Waals surface area contributed by atoms with Crippen LogP contribution in [-0.4, -0.2) is 5.91 Å². The van der Waals surface area contributed by atoms with Crippen molar-refractivity contribution in [1.82, 2.24) is 5.32 Å². The number of benzene rings is 2. The van der Waals surface area contributed by atoms with E-state index in [0.29, 0.717) is 11.6 Å². The zero-order valence-electron chi connectivity index (χ0n) is 10.6. The fraction of sp³-hybridized carbons (Fsp3) is 0.0625. The number of hydrogen-bond acceptors (Lipinski definition) is 1. The summed E-state index contributed by atoms with van der Waals surface area (Å²) < 4.78 is 12.7. The van der Waals surface area contributed by atoms with Gasteiger partial charge in [-0.15, -0.1) is 0 Å². The van der Waals surface area contributed by atoms with E-state index in [0.717, 1.165) is 11.1 Å². The topological polar surface area (TPSA) is 29.1 Å². The van der Waals surface area contributed by atoms with Crippen molar-refractivity contribution in [3.63, 3.8) is 0 Å². The summed E-state index contributed by atoms with van der Waals surface area (Å²) in [4.78, 5) is 11.7. The van der Waals surface area contributed by atoms with Crippen molar-refractivity contribution >= 4 is 23.6 Å². The second-order valence-corrected chi connectivity index (χ2v) is 4.61. The maximum atomic E-state index is 12.7. The van der Waals surface area contributed by atoms with Crippen LogP contribution >= 0.6 is 11.6 Å². The highest BCUT2D eigenvalue weighted by Crippen LogP contribution is 2.16. The first-order valence-electron chi connectivity index (χ1n) is 6.10. The molecule has 2 rings (SSSR count). The standard InChI is InChI=1S/C16H13ClFNO/c17-15-4-2-1-3-13(15)7-10-16(20)19-11-12-5-8-14(18)9-6-12/h1-10H,11H2,(H,19,20)/b10-7+. The average Bonchev–Trinajstić information content (AvgIpc) is 2.46. The smallest absolute Gasteiger partial charge is 0.244 e. The van der Waals surface area contributed by atoms with Gasteiger partial charge in [0.1, 0.15) is 5.82 Å². The fourth-order valence-corrected chi connectivity index (χ4v) is 1.82. The maximum Gasteiger partial charge on any atom is 0.244 e. The largest absolute Gasteiger partial charge is 0.348 e. The zero-order valence-corrected chi connectivity index (χ0v) is 11.4. The molecule has 0 aliphatic carbocycles.